The number of imidazole rings is 1. The quantitative estimate of drug-likeness (QED) is 0.327. The molecule has 0 spiro atoms. The summed E-state index contributed by atoms with van der Waals surface area (Å²) in [6, 6.07) is 35.2. The number of hydrogen-bond donors (Lipinski definition) is 0. The largest absolute Gasteiger partial charge is 0.292 e. The van der Waals surface area contributed by atoms with E-state index >= 15 is 0 Å². The molecule has 0 atom stereocenters. The lowest BCUT2D eigenvalue weighted by molar-refractivity contribution is 0.904. The lowest BCUT2D eigenvalue weighted by Gasteiger charge is -2.17. The minimum atomic E-state index is 1.01. The van der Waals surface area contributed by atoms with Crippen molar-refractivity contribution in [1.82, 2.24) is 9.55 Å². The number of nitrogens with zero attached hydrogens (tertiary/aromatic N) is 2. The number of aromatic nitrogens is 2. The van der Waals surface area contributed by atoms with Crippen LogP contribution in [0.1, 0.15) is 22.3 Å². The molecule has 150 valence electrons. The van der Waals surface area contributed by atoms with E-state index in [2.05, 4.69) is 102 Å². The molecule has 4 bridgehead atoms. The zero-order valence-electron chi connectivity index (χ0n) is 17.5. The Morgan fingerprint density at radius 1 is 0.581 bits per heavy atom. The highest BCUT2D eigenvalue weighted by Crippen LogP contribution is 2.31. The van der Waals surface area contributed by atoms with Crippen LogP contribution in [-0.2, 0) is 25.7 Å². The van der Waals surface area contributed by atoms with Crippen molar-refractivity contribution in [2.45, 2.75) is 25.7 Å². The number of para-hydroxylation sites is 2. The van der Waals surface area contributed by atoms with Crippen LogP contribution in [0.15, 0.2) is 97.1 Å². The lowest BCUT2D eigenvalue weighted by atomic mass is 9.95. The monoisotopic (exact) mass is 400 g/mol. The highest BCUT2D eigenvalue weighted by atomic mass is 15.1. The average molecular weight is 401 g/mol. The zero-order chi connectivity index (χ0) is 20.6. The predicted octanol–water partition coefficient (Wildman–Crippen LogP) is 6.58. The van der Waals surface area contributed by atoms with Gasteiger partial charge in [0.25, 0.3) is 0 Å². The van der Waals surface area contributed by atoms with Gasteiger partial charge in [0.15, 0.2) is 0 Å². The van der Waals surface area contributed by atoms with E-state index in [1.54, 1.807) is 0 Å². The molecule has 4 aliphatic rings. The fourth-order valence-corrected chi connectivity index (χ4v) is 4.68. The number of aryl methyl sites for hydroxylation is 4. The van der Waals surface area contributed by atoms with Crippen molar-refractivity contribution in [2.24, 2.45) is 0 Å². The van der Waals surface area contributed by atoms with E-state index < -0.39 is 0 Å². The van der Waals surface area contributed by atoms with Gasteiger partial charge in [-0.05, 0) is 66.1 Å². The summed E-state index contributed by atoms with van der Waals surface area (Å²) in [5, 5.41) is 0. The van der Waals surface area contributed by atoms with Gasteiger partial charge in [-0.2, -0.15) is 0 Å². The molecule has 0 aliphatic heterocycles. The van der Waals surface area contributed by atoms with Crippen molar-refractivity contribution in [2.75, 3.05) is 0 Å². The van der Waals surface area contributed by atoms with Crippen LogP contribution in [-0.4, -0.2) is 9.55 Å². The molecule has 0 radical (unpaired) electrons. The van der Waals surface area contributed by atoms with E-state index in [0.29, 0.717) is 0 Å². The number of benzene rings is 4. The Balaban J connectivity index is 1.58. The molecule has 0 saturated carbocycles. The third-order valence-corrected chi connectivity index (χ3v) is 6.39. The van der Waals surface area contributed by atoms with Gasteiger partial charge in [0.05, 0.1) is 16.7 Å². The molecule has 0 unspecified atom stereocenters. The first-order chi connectivity index (χ1) is 15.3. The molecule has 0 saturated heterocycles. The second kappa shape index (κ2) is 7.55. The highest BCUT2D eigenvalue weighted by Gasteiger charge is 2.17. The van der Waals surface area contributed by atoms with Crippen LogP contribution in [0.2, 0.25) is 0 Å². The van der Waals surface area contributed by atoms with Crippen LogP contribution < -0.4 is 0 Å². The van der Waals surface area contributed by atoms with Gasteiger partial charge < -0.3 is 0 Å². The SMILES string of the molecule is c1ccc(-c2nc3ccccc3n2-c2cc3ccc2CCc2ccc(cc2)CC3)cc1. The van der Waals surface area contributed by atoms with Gasteiger partial charge in [0.2, 0.25) is 0 Å². The van der Waals surface area contributed by atoms with Gasteiger partial charge >= 0.3 is 0 Å². The molecule has 0 fully saturated rings. The Hall–Kier alpha value is -3.65. The summed E-state index contributed by atoms with van der Waals surface area (Å²) in [6.07, 6.45) is 4.16. The maximum absolute atomic E-state index is 5.05. The van der Waals surface area contributed by atoms with Crippen LogP contribution >= 0.6 is 0 Å². The summed E-state index contributed by atoms with van der Waals surface area (Å²) in [6.45, 7) is 0. The topological polar surface area (TPSA) is 17.8 Å². The van der Waals surface area contributed by atoms with Gasteiger partial charge in [-0.15, -0.1) is 0 Å². The number of rotatable bonds is 2. The van der Waals surface area contributed by atoms with Crippen molar-refractivity contribution < 1.29 is 0 Å². The second-order valence-corrected chi connectivity index (χ2v) is 8.41. The van der Waals surface area contributed by atoms with Crippen molar-refractivity contribution in [3.05, 3.63) is 119 Å². The average Bonchev–Trinajstić information content (AvgIpc) is 3.21. The summed E-state index contributed by atoms with van der Waals surface area (Å²) in [5.74, 6) is 1.01. The first-order valence-corrected chi connectivity index (χ1v) is 11.1. The van der Waals surface area contributed by atoms with E-state index in [1.807, 2.05) is 0 Å². The van der Waals surface area contributed by atoms with E-state index in [-0.39, 0.29) is 0 Å². The van der Waals surface area contributed by atoms with Crippen molar-refractivity contribution >= 4 is 11.0 Å². The Kier molecular flexibility index (Phi) is 4.42. The Labute approximate surface area is 182 Å². The molecular formula is C29H24N2. The smallest absolute Gasteiger partial charge is 0.145 e. The summed E-state index contributed by atoms with van der Waals surface area (Å²) in [7, 11) is 0. The molecule has 2 nitrogen and oxygen atoms in total. The Morgan fingerprint density at radius 3 is 2.03 bits per heavy atom. The maximum Gasteiger partial charge on any atom is 0.145 e. The summed E-state index contributed by atoms with van der Waals surface area (Å²) < 4.78 is 2.37. The zero-order valence-corrected chi connectivity index (χ0v) is 17.5. The van der Waals surface area contributed by atoms with Crippen LogP contribution in [0.4, 0.5) is 0 Å². The van der Waals surface area contributed by atoms with Crippen LogP contribution in [0.25, 0.3) is 28.1 Å². The van der Waals surface area contributed by atoms with Crippen molar-refractivity contribution in [1.29, 1.82) is 0 Å². The van der Waals surface area contributed by atoms with Crippen LogP contribution in [0, 0.1) is 0 Å². The highest BCUT2D eigenvalue weighted by molar-refractivity contribution is 5.83. The van der Waals surface area contributed by atoms with E-state index in [9.17, 15) is 0 Å². The molecule has 2 heteroatoms. The summed E-state index contributed by atoms with van der Waals surface area (Å²) in [5.41, 5.74) is 10.2. The van der Waals surface area contributed by atoms with E-state index in [0.717, 1.165) is 48.1 Å². The van der Waals surface area contributed by atoms with Gasteiger partial charge in [0.1, 0.15) is 5.82 Å². The molecule has 1 aromatic heterocycles. The number of fused-ring (bicyclic) bond motifs is 1. The number of hydrogen-bond acceptors (Lipinski definition) is 1. The minimum Gasteiger partial charge on any atom is -0.292 e. The van der Waals surface area contributed by atoms with Crippen LogP contribution in [0.5, 0.6) is 0 Å². The normalized spacial score (nSPS) is 13.3. The van der Waals surface area contributed by atoms with Crippen LogP contribution in [0.3, 0.4) is 0 Å². The summed E-state index contributed by atoms with van der Waals surface area (Å²) in [4.78, 5) is 5.05. The maximum atomic E-state index is 5.05. The first kappa shape index (κ1) is 18.1. The molecule has 5 aromatic rings. The van der Waals surface area contributed by atoms with Crippen molar-refractivity contribution in [3.8, 4) is 17.1 Å². The van der Waals surface area contributed by atoms with Crippen molar-refractivity contribution in [3.63, 3.8) is 0 Å². The molecular weight excluding hydrogens is 376 g/mol. The molecule has 0 amide bonds. The predicted molar refractivity (Wildman–Crippen MR) is 128 cm³/mol. The fourth-order valence-electron chi connectivity index (χ4n) is 4.68. The summed E-state index contributed by atoms with van der Waals surface area (Å²) >= 11 is 0. The molecule has 31 heavy (non-hydrogen) atoms. The standard InChI is InChI=1S/C29H24N2/c1-2-6-25(7-3-1)29-30-26-8-4-5-9-27(26)31(29)28-20-23-15-14-21-10-12-22(13-11-21)16-18-24(28)19-17-23/h1-13,17,19-20H,14-16,18H2. The Morgan fingerprint density at radius 2 is 1.23 bits per heavy atom. The molecule has 0 N–H and O–H groups in total. The molecule has 4 aromatic carbocycles. The Bertz CT molecular complexity index is 1360. The van der Waals surface area contributed by atoms with Gasteiger partial charge in [0, 0.05) is 5.56 Å². The lowest BCUT2D eigenvalue weighted by Crippen LogP contribution is -2.06. The second-order valence-electron chi connectivity index (χ2n) is 8.41. The fraction of sp³-hybridized carbons (Fsp3) is 0.138. The molecule has 1 heterocycles. The third kappa shape index (κ3) is 3.34. The van der Waals surface area contributed by atoms with Gasteiger partial charge in [-0.1, -0.05) is 78.9 Å². The third-order valence-electron chi connectivity index (χ3n) is 6.39. The van der Waals surface area contributed by atoms with E-state index in [4.69, 9.17) is 4.98 Å². The van der Waals surface area contributed by atoms with Gasteiger partial charge in [-0.25, -0.2) is 4.98 Å². The minimum absolute atomic E-state index is 1.01. The van der Waals surface area contributed by atoms with Gasteiger partial charge in [-0.3, -0.25) is 4.57 Å². The molecule has 4 aliphatic carbocycles. The first-order valence-electron chi connectivity index (χ1n) is 11.1. The van der Waals surface area contributed by atoms with E-state index in [1.165, 1.54) is 27.9 Å². The molecule has 9 rings (SSSR count).